The number of hydrogen-bond donors (Lipinski definition) is 1. The molecule has 0 bridgehead atoms. The van der Waals surface area contributed by atoms with Gasteiger partial charge in [0.1, 0.15) is 0 Å². The average Bonchev–Trinajstić information content (AvgIpc) is 2.14. The molecule has 1 N–H and O–H groups in total. The molecule has 0 radical (unpaired) electrons. The molecule has 0 aliphatic carbocycles. The van der Waals surface area contributed by atoms with Gasteiger partial charge < -0.3 is 10.1 Å². The van der Waals surface area contributed by atoms with Gasteiger partial charge in [-0.25, -0.2) is 0 Å². The highest BCUT2D eigenvalue weighted by Crippen LogP contribution is 2.33. The van der Waals surface area contributed by atoms with Crippen molar-refractivity contribution in [2.24, 2.45) is 5.41 Å². The number of rotatable bonds is 3. The fourth-order valence-corrected chi connectivity index (χ4v) is 2.26. The molecular formula is C12H13Cl2NO2. The zero-order valence-electron chi connectivity index (χ0n) is 9.43. The van der Waals surface area contributed by atoms with Gasteiger partial charge in [0.2, 0.25) is 5.91 Å². The molecule has 2 rings (SSSR count). The second-order valence-electron chi connectivity index (χ2n) is 4.24. The Bertz CT molecular complexity index is 418. The van der Waals surface area contributed by atoms with Gasteiger partial charge in [-0.05, 0) is 24.6 Å². The molecule has 0 saturated carbocycles. The molecule has 5 heteroatoms. The predicted octanol–water partition coefficient (Wildman–Crippen LogP) is 3.36. The van der Waals surface area contributed by atoms with Gasteiger partial charge in [-0.15, -0.1) is 0 Å². The van der Waals surface area contributed by atoms with E-state index in [1.54, 1.807) is 18.2 Å². The number of carbonyl (C=O) groups is 1. The van der Waals surface area contributed by atoms with Crippen LogP contribution in [0.1, 0.15) is 13.3 Å². The number of carbonyl (C=O) groups excluding carboxylic acids is 1. The molecule has 1 saturated heterocycles. The van der Waals surface area contributed by atoms with Gasteiger partial charge in [0.15, 0.2) is 0 Å². The number of anilines is 1. The Labute approximate surface area is 110 Å². The fraction of sp³-hybridized carbons (Fsp3) is 0.417. The van der Waals surface area contributed by atoms with Gasteiger partial charge in [-0.1, -0.05) is 30.1 Å². The standard InChI is InChI=1S/C12H13Cl2NO2/c1-2-12(6-17-7-12)11(16)15-10-4-8(13)3-9(14)5-10/h3-5H,2,6-7H2,1H3,(H,15,16). The highest BCUT2D eigenvalue weighted by atomic mass is 35.5. The van der Waals surface area contributed by atoms with E-state index in [0.717, 1.165) is 6.42 Å². The largest absolute Gasteiger partial charge is 0.379 e. The van der Waals surface area contributed by atoms with Crippen molar-refractivity contribution in [2.75, 3.05) is 18.5 Å². The number of nitrogens with one attached hydrogen (secondary N) is 1. The Morgan fingerprint density at radius 1 is 1.35 bits per heavy atom. The zero-order valence-corrected chi connectivity index (χ0v) is 10.9. The highest BCUT2D eigenvalue weighted by Gasteiger charge is 2.44. The molecule has 0 aromatic heterocycles. The molecule has 1 heterocycles. The Balaban J connectivity index is 2.12. The topological polar surface area (TPSA) is 38.3 Å². The van der Waals surface area contributed by atoms with Crippen LogP contribution in [-0.4, -0.2) is 19.1 Å². The van der Waals surface area contributed by atoms with Crippen molar-refractivity contribution in [2.45, 2.75) is 13.3 Å². The van der Waals surface area contributed by atoms with Crippen molar-refractivity contribution in [1.82, 2.24) is 0 Å². The molecule has 0 unspecified atom stereocenters. The van der Waals surface area contributed by atoms with Crippen LogP contribution in [0.4, 0.5) is 5.69 Å². The molecule has 1 aliphatic heterocycles. The molecule has 3 nitrogen and oxygen atoms in total. The number of benzene rings is 1. The summed E-state index contributed by atoms with van der Waals surface area (Å²) in [5.74, 6) is -0.0374. The van der Waals surface area contributed by atoms with Crippen LogP contribution in [-0.2, 0) is 9.53 Å². The minimum absolute atomic E-state index is 0.0374. The first-order valence-electron chi connectivity index (χ1n) is 5.41. The van der Waals surface area contributed by atoms with Gasteiger partial charge >= 0.3 is 0 Å². The lowest BCUT2D eigenvalue weighted by atomic mass is 9.82. The third-order valence-electron chi connectivity index (χ3n) is 3.04. The Morgan fingerprint density at radius 3 is 2.35 bits per heavy atom. The molecule has 1 aromatic carbocycles. The van der Waals surface area contributed by atoms with Gasteiger partial charge in [-0.2, -0.15) is 0 Å². The monoisotopic (exact) mass is 273 g/mol. The van der Waals surface area contributed by atoms with Crippen molar-refractivity contribution < 1.29 is 9.53 Å². The van der Waals surface area contributed by atoms with E-state index in [1.807, 2.05) is 6.92 Å². The summed E-state index contributed by atoms with van der Waals surface area (Å²) < 4.78 is 5.12. The first kappa shape index (κ1) is 12.7. The van der Waals surface area contributed by atoms with E-state index in [2.05, 4.69) is 5.32 Å². The fourth-order valence-electron chi connectivity index (χ4n) is 1.73. The van der Waals surface area contributed by atoms with E-state index in [1.165, 1.54) is 0 Å². The molecule has 0 atom stereocenters. The number of amides is 1. The van der Waals surface area contributed by atoms with Crippen LogP contribution in [0.5, 0.6) is 0 Å². The summed E-state index contributed by atoms with van der Waals surface area (Å²) in [5, 5.41) is 3.84. The normalized spacial score (nSPS) is 17.4. The van der Waals surface area contributed by atoms with E-state index in [-0.39, 0.29) is 5.91 Å². The summed E-state index contributed by atoms with van der Waals surface area (Å²) in [6.45, 7) is 2.93. The summed E-state index contributed by atoms with van der Waals surface area (Å²) in [6, 6.07) is 4.98. The second kappa shape index (κ2) is 4.84. The van der Waals surface area contributed by atoms with E-state index in [9.17, 15) is 4.79 Å². The third-order valence-corrected chi connectivity index (χ3v) is 3.47. The lowest BCUT2D eigenvalue weighted by molar-refractivity contribution is -0.156. The van der Waals surface area contributed by atoms with E-state index < -0.39 is 5.41 Å². The van der Waals surface area contributed by atoms with Crippen molar-refractivity contribution in [3.8, 4) is 0 Å². The van der Waals surface area contributed by atoms with E-state index >= 15 is 0 Å². The maximum absolute atomic E-state index is 12.1. The molecule has 0 spiro atoms. The highest BCUT2D eigenvalue weighted by molar-refractivity contribution is 6.35. The summed E-state index contributed by atoms with van der Waals surface area (Å²) in [6.07, 6.45) is 0.757. The summed E-state index contributed by atoms with van der Waals surface area (Å²) in [4.78, 5) is 12.1. The van der Waals surface area contributed by atoms with E-state index in [0.29, 0.717) is 28.9 Å². The summed E-state index contributed by atoms with van der Waals surface area (Å²) >= 11 is 11.7. The van der Waals surface area contributed by atoms with Crippen LogP contribution in [0.3, 0.4) is 0 Å². The summed E-state index contributed by atoms with van der Waals surface area (Å²) in [7, 11) is 0. The minimum Gasteiger partial charge on any atom is -0.379 e. The Kier molecular flexibility index (Phi) is 3.61. The predicted molar refractivity (Wildman–Crippen MR) is 68.6 cm³/mol. The van der Waals surface area contributed by atoms with Crippen LogP contribution >= 0.6 is 23.2 Å². The van der Waals surface area contributed by atoms with Crippen molar-refractivity contribution in [3.63, 3.8) is 0 Å². The maximum Gasteiger partial charge on any atom is 0.235 e. The molecule has 1 fully saturated rings. The van der Waals surface area contributed by atoms with Crippen molar-refractivity contribution >= 4 is 34.8 Å². The van der Waals surface area contributed by atoms with Crippen LogP contribution < -0.4 is 5.32 Å². The van der Waals surface area contributed by atoms with Crippen LogP contribution in [0, 0.1) is 5.41 Å². The lowest BCUT2D eigenvalue weighted by Gasteiger charge is -2.38. The first-order valence-corrected chi connectivity index (χ1v) is 6.17. The lowest BCUT2D eigenvalue weighted by Crippen LogP contribution is -2.51. The smallest absolute Gasteiger partial charge is 0.235 e. The molecule has 92 valence electrons. The molecular weight excluding hydrogens is 261 g/mol. The van der Waals surface area contributed by atoms with Gasteiger partial charge in [0.25, 0.3) is 0 Å². The zero-order chi connectivity index (χ0) is 12.5. The van der Waals surface area contributed by atoms with Gasteiger partial charge in [0.05, 0.1) is 18.6 Å². The van der Waals surface area contributed by atoms with Crippen LogP contribution in [0.15, 0.2) is 18.2 Å². The average molecular weight is 274 g/mol. The molecule has 1 aromatic rings. The molecule has 1 aliphatic rings. The van der Waals surface area contributed by atoms with Crippen LogP contribution in [0.25, 0.3) is 0 Å². The summed E-state index contributed by atoms with van der Waals surface area (Å²) in [5.41, 5.74) is 0.224. The van der Waals surface area contributed by atoms with Crippen molar-refractivity contribution in [1.29, 1.82) is 0 Å². The third kappa shape index (κ3) is 2.57. The number of ether oxygens (including phenoxy) is 1. The Morgan fingerprint density at radius 2 is 1.94 bits per heavy atom. The molecule has 17 heavy (non-hydrogen) atoms. The van der Waals surface area contributed by atoms with Crippen LogP contribution in [0.2, 0.25) is 10.0 Å². The van der Waals surface area contributed by atoms with Gasteiger partial charge in [0, 0.05) is 15.7 Å². The van der Waals surface area contributed by atoms with Crippen molar-refractivity contribution in [3.05, 3.63) is 28.2 Å². The Hall–Kier alpha value is -0.770. The quantitative estimate of drug-likeness (QED) is 0.917. The number of hydrogen-bond acceptors (Lipinski definition) is 2. The molecule has 1 amide bonds. The first-order chi connectivity index (χ1) is 8.05. The SMILES string of the molecule is CCC1(C(=O)Nc2cc(Cl)cc(Cl)c2)COC1. The minimum atomic E-state index is -0.394. The maximum atomic E-state index is 12.1. The number of halogens is 2. The second-order valence-corrected chi connectivity index (χ2v) is 5.11. The van der Waals surface area contributed by atoms with E-state index in [4.69, 9.17) is 27.9 Å². The van der Waals surface area contributed by atoms with Gasteiger partial charge in [-0.3, -0.25) is 4.79 Å².